The maximum atomic E-state index is 11.7. The van der Waals surface area contributed by atoms with Gasteiger partial charge in [-0.25, -0.2) is 0 Å². The van der Waals surface area contributed by atoms with Crippen LogP contribution in [0.2, 0.25) is 0 Å². The molecular weight excluding hydrogens is 769 g/mol. The molecular formula is C57H40N6. The van der Waals surface area contributed by atoms with E-state index in [0.29, 0.717) is 35.5 Å². The molecule has 1 aliphatic heterocycles. The van der Waals surface area contributed by atoms with Gasteiger partial charge in [-0.15, -0.1) is 0 Å². The number of allylic oxidation sites excluding steroid dienone is 5. The lowest BCUT2D eigenvalue weighted by atomic mass is 10.0. The molecule has 6 heteroatoms. The summed E-state index contributed by atoms with van der Waals surface area (Å²) in [5.74, 6) is 0. The third-order valence-corrected chi connectivity index (χ3v) is 12.5. The summed E-state index contributed by atoms with van der Waals surface area (Å²) < 4.78 is 6.85. The van der Waals surface area contributed by atoms with Crippen molar-refractivity contribution in [2.45, 2.75) is 19.9 Å². The van der Waals surface area contributed by atoms with Gasteiger partial charge < -0.3 is 18.6 Å². The molecule has 0 unspecified atom stereocenters. The minimum Gasteiger partial charge on any atom is -0.336 e. The molecule has 1 aliphatic rings. The standard InChI is InChI=1S/C57H40N6/c1-38(35-58)34-55(63-51-29-15-10-24-43(51)45-32-33-54-56(57(45)63)46-26-12-16-30-52(46)62(54)42-22-7-4-8-23-42)47(36-59)39(2)60-37-48-44-25-11-14-28-50(44)61(41-20-5-3-6-21-41)53(48)31-17-19-40-18-9-13-27-49(40)60/h3-18,20-34H,2,19,37H2,1H3/b31-17-,38-34+,55-47+. The van der Waals surface area contributed by atoms with Gasteiger partial charge in [-0.1, -0.05) is 128 Å². The highest BCUT2D eigenvalue weighted by Crippen LogP contribution is 2.44. The maximum Gasteiger partial charge on any atom is 0.104 e. The van der Waals surface area contributed by atoms with Gasteiger partial charge in [0.05, 0.1) is 62.9 Å². The summed E-state index contributed by atoms with van der Waals surface area (Å²) in [4.78, 5) is 2.21. The summed E-state index contributed by atoms with van der Waals surface area (Å²) in [6, 6.07) is 64.2. The summed E-state index contributed by atoms with van der Waals surface area (Å²) in [6.45, 7) is 7.08. The van der Waals surface area contributed by atoms with Gasteiger partial charge in [-0.2, -0.15) is 10.5 Å². The van der Waals surface area contributed by atoms with Crippen molar-refractivity contribution in [3.63, 3.8) is 0 Å². The van der Waals surface area contributed by atoms with Crippen LogP contribution >= 0.6 is 0 Å². The maximum absolute atomic E-state index is 11.7. The van der Waals surface area contributed by atoms with E-state index in [1.807, 2.05) is 24.3 Å². The second-order valence-electron chi connectivity index (χ2n) is 16.0. The highest BCUT2D eigenvalue weighted by atomic mass is 15.2. The van der Waals surface area contributed by atoms with Gasteiger partial charge in [0.25, 0.3) is 0 Å². The lowest BCUT2D eigenvalue weighted by molar-refractivity contribution is 0.918. The fourth-order valence-corrected chi connectivity index (χ4v) is 9.76. The van der Waals surface area contributed by atoms with E-state index in [-0.39, 0.29) is 0 Å². The molecule has 3 aromatic heterocycles. The molecule has 0 radical (unpaired) electrons. The third-order valence-electron chi connectivity index (χ3n) is 12.5. The molecule has 0 N–H and O–H groups in total. The first-order valence-corrected chi connectivity index (χ1v) is 21.2. The smallest absolute Gasteiger partial charge is 0.104 e. The van der Waals surface area contributed by atoms with E-state index in [2.05, 4.69) is 195 Å². The van der Waals surface area contributed by atoms with Crippen LogP contribution in [0.25, 0.3) is 77.7 Å². The molecule has 298 valence electrons. The molecule has 6 nitrogen and oxygen atoms in total. The van der Waals surface area contributed by atoms with Gasteiger partial charge in [0.1, 0.15) is 6.07 Å². The van der Waals surface area contributed by atoms with Crippen LogP contribution in [0.15, 0.2) is 205 Å². The molecule has 0 bridgehead atoms. The van der Waals surface area contributed by atoms with Crippen molar-refractivity contribution in [3.05, 3.63) is 222 Å². The van der Waals surface area contributed by atoms with Gasteiger partial charge in [0.2, 0.25) is 0 Å². The van der Waals surface area contributed by atoms with E-state index in [0.717, 1.165) is 88.4 Å². The van der Waals surface area contributed by atoms with Crippen molar-refractivity contribution in [1.82, 2.24) is 13.7 Å². The van der Waals surface area contributed by atoms with E-state index in [1.54, 1.807) is 6.92 Å². The second-order valence-corrected chi connectivity index (χ2v) is 16.0. The van der Waals surface area contributed by atoms with Crippen LogP contribution < -0.4 is 4.90 Å². The number of anilines is 1. The van der Waals surface area contributed by atoms with Crippen molar-refractivity contribution in [2.24, 2.45) is 0 Å². The minimum atomic E-state index is 0.367. The van der Waals surface area contributed by atoms with Gasteiger partial charge in [-0.3, -0.25) is 0 Å². The fourth-order valence-electron chi connectivity index (χ4n) is 9.76. The van der Waals surface area contributed by atoms with Crippen LogP contribution in [0.3, 0.4) is 0 Å². The molecule has 0 saturated heterocycles. The Kier molecular flexibility index (Phi) is 9.00. The molecule has 63 heavy (non-hydrogen) atoms. The Morgan fingerprint density at radius 2 is 1.19 bits per heavy atom. The predicted molar refractivity (Wildman–Crippen MR) is 260 cm³/mol. The molecule has 0 atom stereocenters. The average molecular weight is 809 g/mol. The molecule has 0 spiro atoms. The Bertz CT molecular complexity index is 3670. The Hall–Kier alpha value is -8.58. The summed E-state index contributed by atoms with van der Waals surface area (Å²) in [7, 11) is 0. The number of para-hydroxylation sites is 6. The van der Waals surface area contributed by atoms with Crippen LogP contribution in [-0.2, 0) is 13.0 Å². The quantitative estimate of drug-likeness (QED) is 0.124. The third kappa shape index (κ3) is 5.92. The number of hydrogen-bond donors (Lipinski definition) is 0. The minimum absolute atomic E-state index is 0.367. The second kappa shape index (κ2) is 15.2. The molecule has 0 fully saturated rings. The number of nitriles is 2. The zero-order chi connectivity index (χ0) is 42.6. The Balaban J connectivity index is 1.22. The zero-order valence-electron chi connectivity index (χ0n) is 34.7. The largest absolute Gasteiger partial charge is 0.336 e. The summed E-state index contributed by atoms with van der Waals surface area (Å²) >= 11 is 0. The Morgan fingerprint density at radius 1 is 0.587 bits per heavy atom. The van der Waals surface area contributed by atoms with Crippen LogP contribution in [-0.4, -0.2) is 13.7 Å². The summed E-state index contributed by atoms with van der Waals surface area (Å²) in [5, 5.41) is 27.5. The first-order valence-electron chi connectivity index (χ1n) is 21.2. The predicted octanol–water partition coefficient (Wildman–Crippen LogP) is 13.8. The molecule has 0 saturated carbocycles. The number of nitrogens with zero attached hydrogens (tertiary/aromatic N) is 6. The van der Waals surface area contributed by atoms with Gasteiger partial charge in [0, 0.05) is 55.1 Å². The Labute approximate surface area is 365 Å². The number of benzene rings is 7. The monoisotopic (exact) mass is 808 g/mol. The molecule has 0 aliphatic carbocycles. The number of fused-ring (bicyclic) bond motifs is 11. The van der Waals surface area contributed by atoms with Crippen LogP contribution in [0.1, 0.15) is 23.7 Å². The van der Waals surface area contributed by atoms with Crippen molar-refractivity contribution in [2.75, 3.05) is 4.90 Å². The van der Waals surface area contributed by atoms with Gasteiger partial charge >= 0.3 is 0 Å². The molecule has 0 amide bonds. The van der Waals surface area contributed by atoms with E-state index in [1.165, 1.54) is 0 Å². The van der Waals surface area contributed by atoms with Crippen LogP contribution in [0.5, 0.6) is 0 Å². The normalized spacial score (nSPS) is 13.8. The first-order chi connectivity index (χ1) is 31.1. The highest BCUT2D eigenvalue weighted by molar-refractivity contribution is 6.26. The Morgan fingerprint density at radius 3 is 1.90 bits per heavy atom. The van der Waals surface area contributed by atoms with Crippen molar-refractivity contribution in [1.29, 1.82) is 10.5 Å². The van der Waals surface area contributed by atoms with Gasteiger partial charge in [0.15, 0.2) is 0 Å². The number of hydrogen-bond acceptors (Lipinski definition) is 3. The number of aromatic nitrogens is 3. The van der Waals surface area contributed by atoms with Gasteiger partial charge in [-0.05, 0) is 85.7 Å². The molecule has 7 aromatic carbocycles. The average Bonchev–Trinajstić information content (AvgIpc) is 3.98. The number of rotatable bonds is 6. The lowest BCUT2D eigenvalue weighted by Gasteiger charge is -2.29. The highest BCUT2D eigenvalue weighted by Gasteiger charge is 2.28. The van der Waals surface area contributed by atoms with E-state index < -0.39 is 0 Å². The SMILES string of the molecule is C=C(/C(C#N)=C(\C=C(/C)C#N)n1c2ccccc2c2ccc3c(c4ccccc4n3-c3ccccc3)c21)N1Cc2c(n(-c3ccccc3)c3ccccc23)/C=C\Cc2ccccc21. The first kappa shape index (κ1) is 37.4. The van der Waals surface area contributed by atoms with E-state index in [4.69, 9.17) is 6.58 Å². The summed E-state index contributed by atoms with van der Waals surface area (Å²) in [6.07, 6.45) is 7.02. The topological polar surface area (TPSA) is 65.6 Å². The zero-order valence-corrected chi connectivity index (χ0v) is 34.7. The summed E-state index contributed by atoms with van der Waals surface area (Å²) in [5.41, 5.74) is 13.5. The van der Waals surface area contributed by atoms with Crippen LogP contribution in [0, 0.1) is 22.7 Å². The molecule has 10 aromatic rings. The van der Waals surface area contributed by atoms with E-state index in [9.17, 15) is 10.5 Å². The molecule has 11 rings (SSSR count). The van der Waals surface area contributed by atoms with Crippen molar-refractivity contribution in [3.8, 4) is 23.5 Å². The molecule has 4 heterocycles. The lowest BCUT2D eigenvalue weighted by Crippen LogP contribution is -2.24. The van der Waals surface area contributed by atoms with Crippen molar-refractivity contribution < 1.29 is 0 Å². The fraction of sp³-hybridized carbons (Fsp3) is 0.0526. The van der Waals surface area contributed by atoms with Crippen LogP contribution in [0.4, 0.5) is 5.69 Å². The van der Waals surface area contributed by atoms with Crippen molar-refractivity contribution >= 4 is 72.0 Å². The van der Waals surface area contributed by atoms with E-state index >= 15 is 0 Å².